The van der Waals surface area contributed by atoms with Crippen molar-refractivity contribution in [2.24, 2.45) is 0 Å². The standard InChI is InChI=1S/C20H16Cl2N2O4/c1-24(2)19(25)15(10-23)7-13-8-16(21)18(17(22)9-13)28-11-12-3-5-14(6-4-12)20(26)27/h3-9H,11H2,1-2H3,(H,26,27)/b15-7-. The van der Waals surface area contributed by atoms with Crippen LogP contribution in [0.1, 0.15) is 21.5 Å². The van der Waals surface area contributed by atoms with E-state index in [1.165, 1.54) is 35.2 Å². The number of amides is 1. The van der Waals surface area contributed by atoms with Crippen molar-refractivity contribution in [3.8, 4) is 11.8 Å². The molecule has 1 amide bonds. The molecule has 0 heterocycles. The second kappa shape index (κ2) is 9.27. The summed E-state index contributed by atoms with van der Waals surface area (Å²) in [4.78, 5) is 24.1. The second-order valence-electron chi connectivity index (χ2n) is 5.97. The van der Waals surface area contributed by atoms with E-state index in [1.54, 1.807) is 26.2 Å². The van der Waals surface area contributed by atoms with E-state index in [0.717, 1.165) is 5.56 Å². The highest BCUT2D eigenvalue weighted by molar-refractivity contribution is 6.37. The van der Waals surface area contributed by atoms with Crippen LogP contribution >= 0.6 is 23.2 Å². The number of likely N-dealkylation sites (N-methyl/N-ethyl adjacent to an activating group) is 1. The fraction of sp³-hybridized carbons (Fsp3) is 0.150. The number of carbonyl (C=O) groups is 2. The van der Waals surface area contributed by atoms with Gasteiger partial charge in [0.05, 0.1) is 15.6 Å². The topological polar surface area (TPSA) is 90.6 Å². The summed E-state index contributed by atoms with van der Waals surface area (Å²) in [6.07, 6.45) is 1.40. The quantitative estimate of drug-likeness (QED) is 0.558. The van der Waals surface area contributed by atoms with Gasteiger partial charge < -0.3 is 14.7 Å². The van der Waals surface area contributed by atoms with E-state index in [9.17, 15) is 14.9 Å². The van der Waals surface area contributed by atoms with Crippen LogP contribution < -0.4 is 4.74 Å². The lowest BCUT2D eigenvalue weighted by molar-refractivity contribution is -0.124. The van der Waals surface area contributed by atoms with E-state index in [-0.39, 0.29) is 33.5 Å². The molecule has 0 bridgehead atoms. The van der Waals surface area contributed by atoms with Crippen LogP contribution in [0.5, 0.6) is 5.75 Å². The molecular formula is C20H16Cl2N2O4. The third kappa shape index (κ3) is 5.26. The first-order chi connectivity index (χ1) is 13.2. The first kappa shape index (κ1) is 21.3. The fourth-order valence-electron chi connectivity index (χ4n) is 2.25. The lowest BCUT2D eigenvalue weighted by Gasteiger charge is -2.12. The number of carboxylic acid groups (broad SMARTS) is 1. The van der Waals surface area contributed by atoms with Crippen LogP contribution in [0.15, 0.2) is 42.0 Å². The van der Waals surface area contributed by atoms with Crippen LogP contribution in [-0.2, 0) is 11.4 Å². The summed E-state index contributed by atoms with van der Waals surface area (Å²) in [6.45, 7) is 0.136. The van der Waals surface area contributed by atoms with Crippen molar-refractivity contribution in [1.82, 2.24) is 4.90 Å². The summed E-state index contributed by atoms with van der Waals surface area (Å²) in [5, 5.41) is 18.5. The molecule has 0 atom stereocenters. The molecule has 0 aliphatic rings. The first-order valence-corrected chi connectivity index (χ1v) is 8.76. The van der Waals surface area contributed by atoms with Crippen molar-refractivity contribution >= 4 is 41.2 Å². The van der Waals surface area contributed by atoms with Gasteiger partial charge in [0.2, 0.25) is 0 Å². The van der Waals surface area contributed by atoms with Crippen LogP contribution in [0.3, 0.4) is 0 Å². The SMILES string of the molecule is CN(C)C(=O)/C(C#N)=C\c1cc(Cl)c(OCc2ccc(C(=O)O)cc2)c(Cl)c1. The highest BCUT2D eigenvalue weighted by Crippen LogP contribution is 2.35. The van der Waals surface area contributed by atoms with Gasteiger partial charge in [0, 0.05) is 14.1 Å². The van der Waals surface area contributed by atoms with E-state index in [4.69, 9.17) is 33.0 Å². The zero-order valence-corrected chi connectivity index (χ0v) is 16.6. The van der Waals surface area contributed by atoms with Crippen LogP contribution in [0.4, 0.5) is 0 Å². The molecular weight excluding hydrogens is 403 g/mol. The molecule has 1 N–H and O–H groups in total. The Balaban J connectivity index is 2.20. The summed E-state index contributed by atoms with van der Waals surface area (Å²) in [5.74, 6) is -1.19. The molecule has 144 valence electrons. The Morgan fingerprint density at radius 1 is 1.18 bits per heavy atom. The van der Waals surface area contributed by atoms with Crippen LogP contribution in [0.25, 0.3) is 6.08 Å². The molecule has 0 radical (unpaired) electrons. The molecule has 0 aliphatic carbocycles. The molecule has 0 aliphatic heterocycles. The van der Waals surface area contributed by atoms with Crippen molar-refractivity contribution in [2.75, 3.05) is 14.1 Å². The van der Waals surface area contributed by atoms with E-state index < -0.39 is 11.9 Å². The summed E-state index contributed by atoms with van der Waals surface area (Å²) in [7, 11) is 3.10. The van der Waals surface area contributed by atoms with Crippen LogP contribution in [0, 0.1) is 11.3 Å². The Morgan fingerprint density at radius 3 is 2.21 bits per heavy atom. The number of carbonyl (C=O) groups excluding carboxylic acids is 1. The lowest BCUT2D eigenvalue weighted by atomic mass is 10.1. The van der Waals surface area contributed by atoms with Gasteiger partial charge in [-0.25, -0.2) is 4.79 Å². The highest BCUT2D eigenvalue weighted by atomic mass is 35.5. The average Bonchev–Trinajstić information content (AvgIpc) is 2.65. The molecule has 0 saturated carbocycles. The predicted molar refractivity (Wildman–Crippen MR) is 106 cm³/mol. The van der Waals surface area contributed by atoms with Crippen LogP contribution in [0.2, 0.25) is 10.0 Å². The monoisotopic (exact) mass is 418 g/mol. The number of benzene rings is 2. The maximum atomic E-state index is 11.9. The summed E-state index contributed by atoms with van der Waals surface area (Å²) in [6, 6.07) is 11.1. The molecule has 28 heavy (non-hydrogen) atoms. The van der Waals surface area contributed by atoms with Gasteiger partial charge in [0.15, 0.2) is 5.75 Å². The van der Waals surface area contributed by atoms with Crippen LogP contribution in [-0.4, -0.2) is 36.0 Å². The number of hydrogen-bond acceptors (Lipinski definition) is 4. The number of aromatic carboxylic acids is 1. The van der Waals surface area contributed by atoms with Crippen molar-refractivity contribution in [3.05, 3.63) is 68.7 Å². The molecule has 0 aromatic heterocycles. The Hall–Kier alpha value is -3.01. The van der Waals surface area contributed by atoms with E-state index in [0.29, 0.717) is 5.56 Å². The third-order valence-corrected chi connectivity index (χ3v) is 4.23. The van der Waals surface area contributed by atoms with Gasteiger partial charge in [-0.1, -0.05) is 35.3 Å². The van der Waals surface area contributed by atoms with Gasteiger partial charge in [0.1, 0.15) is 18.2 Å². The van der Waals surface area contributed by atoms with Crippen molar-refractivity contribution < 1.29 is 19.4 Å². The summed E-state index contributed by atoms with van der Waals surface area (Å²) < 4.78 is 5.65. The number of hydrogen-bond donors (Lipinski definition) is 1. The maximum absolute atomic E-state index is 11.9. The van der Waals surface area contributed by atoms with Gasteiger partial charge >= 0.3 is 5.97 Å². The lowest BCUT2D eigenvalue weighted by Crippen LogP contribution is -2.22. The molecule has 2 aromatic rings. The predicted octanol–water partition coefficient (Wildman–Crippen LogP) is 4.27. The number of carboxylic acids is 1. The normalized spacial score (nSPS) is 10.9. The Kier molecular flexibility index (Phi) is 7.05. The molecule has 0 fully saturated rings. The molecule has 0 unspecified atom stereocenters. The number of nitrogens with zero attached hydrogens (tertiary/aromatic N) is 2. The molecule has 2 rings (SSSR count). The van der Waals surface area contributed by atoms with E-state index >= 15 is 0 Å². The molecule has 6 nitrogen and oxygen atoms in total. The maximum Gasteiger partial charge on any atom is 0.335 e. The van der Waals surface area contributed by atoms with Gasteiger partial charge in [-0.3, -0.25) is 4.79 Å². The smallest absolute Gasteiger partial charge is 0.335 e. The molecule has 2 aromatic carbocycles. The van der Waals surface area contributed by atoms with Crippen molar-refractivity contribution in [2.45, 2.75) is 6.61 Å². The first-order valence-electron chi connectivity index (χ1n) is 8.00. The van der Waals surface area contributed by atoms with E-state index in [1.807, 2.05) is 6.07 Å². The number of ether oxygens (including phenoxy) is 1. The highest BCUT2D eigenvalue weighted by Gasteiger charge is 2.14. The summed E-state index contributed by atoms with van der Waals surface area (Å²) in [5.41, 5.74) is 1.35. The number of rotatable bonds is 6. The zero-order valence-electron chi connectivity index (χ0n) is 15.1. The Bertz CT molecular complexity index is 954. The van der Waals surface area contributed by atoms with Gasteiger partial charge in [-0.2, -0.15) is 5.26 Å². The average molecular weight is 419 g/mol. The minimum Gasteiger partial charge on any atom is -0.486 e. The van der Waals surface area contributed by atoms with E-state index in [2.05, 4.69) is 0 Å². The molecule has 8 heteroatoms. The van der Waals surface area contributed by atoms with Gasteiger partial charge in [0.25, 0.3) is 5.91 Å². The van der Waals surface area contributed by atoms with Crippen molar-refractivity contribution in [1.29, 1.82) is 5.26 Å². The Morgan fingerprint density at radius 2 is 1.75 bits per heavy atom. The zero-order chi connectivity index (χ0) is 20.8. The van der Waals surface area contributed by atoms with Gasteiger partial charge in [-0.15, -0.1) is 0 Å². The Labute approximate surface area is 172 Å². The fourth-order valence-corrected chi connectivity index (χ4v) is 2.86. The second-order valence-corrected chi connectivity index (χ2v) is 6.79. The number of nitriles is 1. The third-order valence-electron chi connectivity index (χ3n) is 3.67. The largest absolute Gasteiger partial charge is 0.486 e. The minimum atomic E-state index is -1.01. The summed E-state index contributed by atoms with van der Waals surface area (Å²) >= 11 is 12.5. The minimum absolute atomic E-state index is 0.0516. The molecule has 0 saturated heterocycles. The van der Waals surface area contributed by atoms with Gasteiger partial charge in [-0.05, 0) is 41.5 Å². The molecule has 0 spiro atoms. The number of halogens is 2. The van der Waals surface area contributed by atoms with Crippen molar-refractivity contribution in [3.63, 3.8) is 0 Å².